The third kappa shape index (κ3) is 4.21. The minimum atomic E-state index is -1.16. The van der Waals surface area contributed by atoms with Crippen molar-refractivity contribution in [2.24, 2.45) is 0 Å². The van der Waals surface area contributed by atoms with E-state index in [9.17, 15) is 4.79 Å². The number of phenols is 1. The van der Waals surface area contributed by atoms with Gasteiger partial charge in [-0.1, -0.05) is 0 Å². The van der Waals surface area contributed by atoms with Crippen molar-refractivity contribution in [2.75, 3.05) is 5.73 Å². The van der Waals surface area contributed by atoms with Crippen LogP contribution in [0.4, 0.5) is 5.69 Å². The number of anilines is 1. The van der Waals surface area contributed by atoms with Crippen LogP contribution in [0.15, 0.2) is 18.2 Å². The summed E-state index contributed by atoms with van der Waals surface area (Å²) >= 11 is 0. The van der Waals surface area contributed by atoms with Crippen LogP contribution < -0.4 is 5.73 Å². The maximum atomic E-state index is 10.3. The van der Waals surface area contributed by atoms with E-state index >= 15 is 0 Å². The van der Waals surface area contributed by atoms with Crippen LogP contribution in [0, 0.1) is 0 Å². The Bertz CT molecular complexity index is 306. The molecule has 0 atom stereocenters. The Morgan fingerprint density at radius 1 is 1.38 bits per heavy atom. The topological polar surface area (TPSA) is 83.6 Å². The van der Waals surface area contributed by atoms with Crippen molar-refractivity contribution in [1.29, 1.82) is 0 Å². The molecule has 1 rings (SSSR count). The standard InChI is InChI=1S/C7H7NO3.Al.Ca.5H/c8-4-1-2-5(7(10)11)6(9)3-4;;;;;;;/h1-3,9H,8H2,(H,10,11);;;;;;;. The molecule has 6 heteroatoms. The van der Waals surface area contributed by atoms with Gasteiger partial charge in [-0.05, 0) is 12.1 Å². The molecule has 0 fully saturated rings. The summed E-state index contributed by atoms with van der Waals surface area (Å²) in [6, 6.07) is 3.87. The number of hydrogen-bond donors (Lipinski definition) is 3. The molecule has 0 radical (unpaired) electrons. The number of carboxylic acid groups (broad SMARTS) is 1. The van der Waals surface area contributed by atoms with Crippen LogP contribution in [-0.4, -0.2) is 71.3 Å². The fraction of sp³-hybridized carbons (Fsp3) is 0. The molecule has 1 aromatic rings. The maximum absolute atomic E-state index is 10.3. The van der Waals surface area contributed by atoms with Crippen LogP contribution in [0.1, 0.15) is 10.4 Å². The van der Waals surface area contributed by atoms with Gasteiger partial charge in [-0.3, -0.25) is 0 Å². The molecule has 1 aromatic carbocycles. The Morgan fingerprint density at radius 2 is 1.92 bits per heavy atom. The Kier molecular flexibility index (Phi) is 7.80. The summed E-state index contributed by atoms with van der Waals surface area (Å²) in [5, 5.41) is 17.5. The summed E-state index contributed by atoms with van der Waals surface area (Å²) in [4.78, 5) is 10.3. The van der Waals surface area contributed by atoms with E-state index in [1.807, 2.05) is 0 Å². The third-order valence-electron chi connectivity index (χ3n) is 1.25. The molecule has 0 amide bonds. The number of carbonyl (C=O) groups is 1. The van der Waals surface area contributed by atoms with Gasteiger partial charge in [-0.2, -0.15) is 0 Å². The van der Waals surface area contributed by atoms with Gasteiger partial charge in [0.2, 0.25) is 0 Å². The molecule has 0 aliphatic carbocycles. The molecule has 0 heterocycles. The summed E-state index contributed by atoms with van der Waals surface area (Å²) in [7, 11) is 0. The predicted molar refractivity (Wildman–Crippen MR) is 58.0 cm³/mol. The van der Waals surface area contributed by atoms with E-state index < -0.39 is 5.97 Å². The van der Waals surface area contributed by atoms with Crippen molar-refractivity contribution < 1.29 is 15.0 Å². The molecule has 4 N–H and O–H groups in total. The molecular formula is C7H12AlCaNO3. The van der Waals surface area contributed by atoms with Crippen molar-refractivity contribution in [3.05, 3.63) is 23.8 Å². The number of hydrogen-bond acceptors (Lipinski definition) is 3. The Morgan fingerprint density at radius 3 is 2.31 bits per heavy atom. The number of nitrogen functional groups attached to an aromatic ring is 1. The van der Waals surface area contributed by atoms with Gasteiger partial charge in [-0.25, -0.2) is 4.79 Å². The van der Waals surface area contributed by atoms with Gasteiger partial charge >= 0.3 is 43.7 Å². The van der Waals surface area contributed by atoms with Gasteiger partial charge in [0.1, 0.15) is 11.3 Å². The zero-order valence-electron chi connectivity index (χ0n) is 5.61. The van der Waals surface area contributed by atoms with Crippen molar-refractivity contribution >= 4 is 66.8 Å². The first-order chi connectivity index (χ1) is 5.11. The fourth-order valence-corrected chi connectivity index (χ4v) is 0.730. The molecular weight excluding hydrogens is 213 g/mol. The Balaban J connectivity index is 0. The van der Waals surface area contributed by atoms with Crippen molar-refractivity contribution in [3.8, 4) is 5.75 Å². The molecule has 0 spiro atoms. The molecule has 13 heavy (non-hydrogen) atoms. The summed E-state index contributed by atoms with van der Waals surface area (Å²) in [5.41, 5.74) is 5.48. The summed E-state index contributed by atoms with van der Waals surface area (Å²) in [6.45, 7) is 0. The van der Waals surface area contributed by atoms with Crippen LogP contribution in [0.2, 0.25) is 0 Å². The van der Waals surface area contributed by atoms with Crippen molar-refractivity contribution in [2.45, 2.75) is 0 Å². The van der Waals surface area contributed by atoms with Gasteiger partial charge < -0.3 is 15.9 Å². The second kappa shape index (κ2) is 6.52. The molecule has 0 bridgehead atoms. The van der Waals surface area contributed by atoms with Crippen LogP contribution in [0.3, 0.4) is 0 Å². The van der Waals surface area contributed by atoms with E-state index in [1.165, 1.54) is 18.2 Å². The van der Waals surface area contributed by atoms with Crippen LogP contribution >= 0.6 is 0 Å². The second-order valence-corrected chi connectivity index (χ2v) is 2.08. The minimum absolute atomic E-state index is 0. The molecule has 0 saturated heterocycles. The van der Waals surface area contributed by atoms with E-state index in [2.05, 4.69) is 0 Å². The van der Waals surface area contributed by atoms with Crippen LogP contribution in [0.25, 0.3) is 0 Å². The summed E-state index contributed by atoms with van der Waals surface area (Å²) in [6.07, 6.45) is 0. The van der Waals surface area contributed by atoms with Gasteiger partial charge in [0.25, 0.3) is 0 Å². The fourth-order valence-electron chi connectivity index (χ4n) is 0.730. The van der Waals surface area contributed by atoms with Gasteiger partial charge in [0.05, 0.1) is 0 Å². The van der Waals surface area contributed by atoms with Gasteiger partial charge in [0, 0.05) is 11.8 Å². The van der Waals surface area contributed by atoms with E-state index in [-0.39, 0.29) is 66.4 Å². The molecule has 0 saturated carbocycles. The molecule has 0 aliphatic rings. The average Bonchev–Trinajstić information content (AvgIpc) is 1.85. The average molecular weight is 225 g/mol. The zero-order chi connectivity index (χ0) is 8.43. The third-order valence-corrected chi connectivity index (χ3v) is 1.25. The molecule has 0 unspecified atom stereocenters. The van der Waals surface area contributed by atoms with Crippen LogP contribution in [0.5, 0.6) is 5.75 Å². The first-order valence-electron chi connectivity index (χ1n) is 2.93. The molecule has 68 valence electrons. The molecule has 4 nitrogen and oxygen atoms in total. The molecule has 0 aliphatic heterocycles. The number of rotatable bonds is 1. The quantitative estimate of drug-likeness (QED) is 0.404. The SMILES string of the molecule is Nc1ccc(C(=O)O)c(O)c1.[AlH3].[CaH2]. The van der Waals surface area contributed by atoms with E-state index in [1.54, 1.807) is 0 Å². The Labute approximate surface area is 116 Å². The van der Waals surface area contributed by atoms with Crippen molar-refractivity contribution in [1.82, 2.24) is 0 Å². The number of aromatic carboxylic acids is 1. The number of nitrogens with two attached hydrogens (primary N) is 1. The molecule has 0 aromatic heterocycles. The monoisotopic (exact) mass is 225 g/mol. The summed E-state index contributed by atoms with van der Waals surface area (Å²) in [5.74, 6) is -1.47. The van der Waals surface area contributed by atoms with E-state index in [0.717, 1.165) is 0 Å². The van der Waals surface area contributed by atoms with Crippen LogP contribution in [-0.2, 0) is 0 Å². The zero-order valence-corrected chi connectivity index (χ0v) is 5.61. The summed E-state index contributed by atoms with van der Waals surface area (Å²) < 4.78 is 0. The first kappa shape index (κ1) is 15.5. The second-order valence-electron chi connectivity index (χ2n) is 2.08. The van der Waals surface area contributed by atoms with E-state index in [0.29, 0.717) is 5.69 Å². The van der Waals surface area contributed by atoms with Gasteiger partial charge in [-0.15, -0.1) is 0 Å². The van der Waals surface area contributed by atoms with Crippen molar-refractivity contribution in [3.63, 3.8) is 0 Å². The number of carboxylic acids is 1. The van der Waals surface area contributed by atoms with Gasteiger partial charge in [0.15, 0.2) is 17.4 Å². The van der Waals surface area contributed by atoms with E-state index in [4.69, 9.17) is 15.9 Å². The predicted octanol–water partition coefficient (Wildman–Crippen LogP) is -1.43. The Hall–Kier alpha value is 0.0822. The first-order valence-corrected chi connectivity index (χ1v) is 2.93. The number of benzene rings is 1. The normalized spacial score (nSPS) is 8.00. The number of aromatic hydroxyl groups is 1.